The number of carbonyl (C=O) groups is 3. The van der Waals surface area contributed by atoms with E-state index in [0.717, 1.165) is 63.6 Å². The van der Waals surface area contributed by atoms with Gasteiger partial charge in [0.2, 0.25) is 17.7 Å². The maximum Gasteiger partial charge on any atom is 0.246 e. The van der Waals surface area contributed by atoms with Crippen LogP contribution in [0, 0.1) is 34.5 Å². The Hall–Kier alpha value is -2.49. The number of carbonyl (C=O) groups excluding carboxylic acids is 3. The quantitative estimate of drug-likeness (QED) is 0.483. The number of aliphatic hydroxyl groups is 2. The molecule has 274 valence electrons. The van der Waals surface area contributed by atoms with Gasteiger partial charge in [0, 0.05) is 45.3 Å². The third-order valence-corrected chi connectivity index (χ3v) is 15.6. The summed E-state index contributed by atoms with van der Waals surface area (Å²) in [5, 5.41) is 22.5. The molecular formula is C41H60N4O5. The highest BCUT2D eigenvalue weighted by molar-refractivity contribution is 5.93. The van der Waals surface area contributed by atoms with E-state index in [1.807, 2.05) is 35.2 Å². The number of aliphatic hydroxyl groups excluding tert-OH is 2. The predicted octanol–water partition coefficient (Wildman–Crippen LogP) is 4.10. The zero-order valence-electron chi connectivity index (χ0n) is 30.4. The van der Waals surface area contributed by atoms with Crippen LogP contribution in [0.15, 0.2) is 30.3 Å². The van der Waals surface area contributed by atoms with E-state index in [-0.39, 0.29) is 53.2 Å². The molecule has 4 aliphatic carbocycles. The minimum Gasteiger partial charge on any atom is -0.393 e. The van der Waals surface area contributed by atoms with E-state index in [9.17, 15) is 24.6 Å². The van der Waals surface area contributed by atoms with E-state index in [0.29, 0.717) is 62.7 Å². The van der Waals surface area contributed by atoms with Crippen LogP contribution in [0.4, 0.5) is 0 Å². The number of rotatable bonds is 5. The minimum absolute atomic E-state index is 0.0154. The number of hydrogen-bond acceptors (Lipinski definition) is 6. The highest BCUT2D eigenvalue weighted by Gasteiger charge is 2.61. The van der Waals surface area contributed by atoms with Crippen LogP contribution >= 0.6 is 0 Å². The van der Waals surface area contributed by atoms with Crippen molar-refractivity contribution < 1.29 is 24.6 Å². The van der Waals surface area contributed by atoms with E-state index >= 15 is 0 Å². The second-order valence-electron chi connectivity index (χ2n) is 17.8. The van der Waals surface area contributed by atoms with Crippen LogP contribution in [0.1, 0.15) is 96.5 Å². The Bertz CT molecular complexity index is 1430. The number of hydrogen-bond donors (Lipinski definition) is 2. The molecule has 3 aliphatic heterocycles. The first kappa shape index (κ1) is 34.6. The predicted molar refractivity (Wildman–Crippen MR) is 191 cm³/mol. The zero-order chi connectivity index (χ0) is 34.8. The van der Waals surface area contributed by atoms with E-state index in [1.54, 1.807) is 9.80 Å². The Kier molecular flexibility index (Phi) is 9.33. The van der Waals surface area contributed by atoms with Crippen molar-refractivity contribution in [2.75, 3.05) is 39.3 Å². The third kappa shape index (κ3) is 5.82. The zero-order valence-corrected chi connectivity index (χ0v) is 30.4. The minimum atomic E-state index is -0.481. The van der Waals surface area contributed by atoms with Crippen LogP contribution in [-0.2, 0) is 20.8 Å². The van der Waals surface area contributed by atoms with Gasteiger partial charge in [-0.25, -0.2) is 0 Å². The van der Waals surface area contributed by atoms with Crippen molar-refractivity contribution in [3.05, 3.63) is 35.9 Å². The summed E-state index contributed by atoms with van der Waals surface area (Å²) in [4.78, 5) is 49.2. The third-order valence-electron chi connectivity index (χ3n) is 15.6. The van der Waals surface area contributed by atoms with Crippen molar-refractivity contribution in [3.63, 3.8) is 0 Å². The Morgan fingerprint density at radius 2 is 1.42 bits per heavy atom. The Balaban J connectivity index is 0.888. The summed E-state index contributed by atoms with van der Waals surface area (Å²) in [6.45, 7) is 8.79. The fourth-order valence-corrected chi connectivity index (χ4v) is 12.8. The van der Waals surface area contributed by atoms with Crippen LogP contribution in [-0.4, -0.2) is 117 Å². The van der Waals surface area contributed by atoms with E-state index in [1.165, 1.54) is 19.3 Å². The highest BCUT2D eigenvalue weighted by Crippen LogP contribution is 2.66. The topological polar surface area (TPSA) is 105 Å². The fourth-order valence-electron chi connectivity index (χ4n) is 12.8. The molecule has 4 saturated carbocycles. The van der Waals surface area contributed by atoms with Gasteiger partial charge in [-0.1, -0.05) is 44.2 Å². The summed E-state index contributed by atoms with van der Waals surface area (Å²) >= 11 is 0. The van der Waals surface area contributed by atoms with Gasteiger partial charge >= 0.3 is 0 Å². The molecule has 9 nitrogen and oxygen atoms in total. The smallest absolute Gasteiger partial charge is 0.246 e. The molecule has 1 aromatic carbocycles. The van der Waals surface area contributed by atoms with Crippen LogP contribution in [0.3, 0.4) is 0 Å². The monoisotopic (exact) mass is 688 g/mol. The van der Waals surface area contributed by atoms with Crippen molar-refractivity contribution >= 4 is 17.7 Å². The summed E-state index contributed by atoms with van der Waals surface area (Å²) in [5.41, 5.74) is 1.24. The lowest BCUT2D eigenvalue weighted by atomic mass is 9.44. The summed E-state index contributed by atoms with van der Waals surface area (Å²) in [6.07, 6.45) is 11.5. The molecule has 9 heteroatoms. The molecule has 0 radical (unpaired) electrons. The van der Waals surface area contributed by atoms with Crippen LogP contribution < -0.4 is 0 Å². The molecule has 50 heavy (non-hydrogen) atoms. The standard InChI is InChI=1S/C41H60N4O5/c1-40-17-16-31-29(30(40)14-15-36(40)47)13-12-28-25-35(46)34(26-41(28,31)2)42-20-22-43(23-21-42)38(49)32-10-7-19-45(32)39(50)33-11-6-18-44(33)37(48)24-27-8-4-3-5-9-27/h3-5,8-9,28-36,46-47H,6-7,10-26H2,1-2H3/t28-,29-,30-,31-,32-,33-,34-,35-,36-,40-,41-/m0/s1. The lowest BCUT2D eigenvalue weighted by molar-refractivity contribution is -0.158. The lowest BCUT2D eigenvalue weighted by Gasteiger charge is -2.62. The van der Waals surface area contributed by atoms with Crippen LogP contribution in [0.25, 0.3) is 0 Å². The van der Waals surface area contributed by atoms with Crippen molar-refractivity contribution in [2.45, 2.75) is 128 Å². The van der Waals surface area contributed by atoms with Gasteiger partial charge in [0.25, 0.3) is 0 Å². The van der Waals surface area contributed by atoms with Gasteiger partial charge in [0.1, 0.15) is 12.1 Å². The van der Waals surface area contributed by atoms with Crippen molar-refractivity contribution in [1.82, 2.24) is 19.6 Å². The lowest BCUT2D eigenvalue weighted by Crippen LogP contribution is -2.63. The van der Waals surface area contributed by atoms with Crippen LogP contribution in [0.5, 0.6) is 0 Å². The number of likely N-dealkylation sites (tertiary alicyclic amines) is 2. The van der Waals surface area contributed by atoms with Gasteiger partial charge in [0.05, 0.1) is 18.6 Å². The van der Waals surface area contributed by atoms with Crippen molar-refractivity contribution in [3.8, 4) is 0 Å². The molecule has 0 bridgehead atoms. The SMILES string of the molecule is C[C@]12C[C@H](N3CCN(C(=O)[C@@H]4CCCN4C(=O)[C@@H]4CCCN4C(=O)Cc4ccccc4)CC3)[C@@H](O)C[C@@H]1CC[C@@H]1[C@@H]2CC[C@]2(C)[C@@H](O)CC[C@@H]12. The number of fused-ring (bicyclic) bond motifs is 5. The first-order valence-corrected chi connectivity index (χ1v) is 20.1. The average molecular weight is 689 g/mol. The van der Waals surface area contributed by atoms with E-state index in [4.69, 9.17) is 0 Å². The summed E-state index contributed by atoms with van der Waals surface area (Å²) < 4.78 is 0. The molecule has 3 amide bonds. The second-order valence-corrected chi connectivity index (χ2v) is 17.8. The molecule has 7 aliphatic rings. The number of benzene rings is 1. The molecule has 0 unspecified atom stereocenters. The molecule has 2 N–H and O–H groups in total. The molecule has 7 fully saturated rings. The molecule has 11 atom stereocenters. The van der Waals surface area contributed by atoms with Gasteiger partial charge in [-0.2, -0.15) is 0 Å². The number of piperazine rings is 1. The molecule has 1 aromatic rings. The van der Waals surface area contributed by atoms with Crippen LogP contribution in [0.2, 0.25) is 0 Å². The van der Waals surface area contributed by atoms with Gasteiger partial charge in [-0.15, -0.1) is 0 Å². The van der Waals surface area contributed by atoms with E-state index < -0.39 is 12.1 Å². The Labute approximate surface area is 298 Å². The Morgan fingerprint density at radius 1 is 0.740 bits per heavy atom. The number of nitrogens with zero attached hydrogens (tertiary/aromatic N) is 4. The maximum absolute atomic E-state index is 14.0. The number of amides is 3. The molecule has 8 rings (SSSR count). The molecule has 0 spiro atoms. The second kappa shape index (κ2) is 13.5. The first-order valence-electron chi connectivity index (χ1n) is 20.1. The largest absolute Gasteiger partial charge is 0.393 e. The summed E-state index contributed by atoms with van der Waals surface area (Å²) in [5.74, 6) is 2.51. The molecular weight excluding hydrogens is 628 g/mol. The maximum atomic E-state index is 14.0. The van der Waals surface area contributed by atoms with E-state index in [2.05, 4.69) is 18.7 Å². The van der Waals surface area contributed by atoms with Gasteiger partial charge < -0.3 is 24.9 Å². The van der Waals surface area contributed by atoms with Gasteiger partial charge in [-0.3, -0.25) is 19.3 Å². The molecule has 0 aromatic heterocycles. The van der Waals surface area contributed by atoms with Gasteiger partial charge in [0.15, 0.2) is 0 Å². The van der Waals surface area contributed by atoms with Gasteiger partial charge in [-0.05, 0) is 117 Å². The van der Waals surface area contributed by atoms with Crippen molar-refractivity contribution in [1.29, 1.82) is 0 Å². The molecule has 3 heterocycles. The highest BCUT2D eigenvalue weighted by atomic mass is 16.3. The average Bonchev–Trinajstić information content (AvgIpc) is 3.88. The van der Waals surface area contributed by atoms with Crippen molar-refractivity contribution in [2.24, 2.45) is 34.5 Å². The fraction of sp³-hybridized carbons (Fsp3) is 0.780. The molecule has 3 saturated heterocycles. The normalized spacial score (nSPS) is 41.8. The summed E-state index contributed by atoms with van der Waals surface area (Å²) in [6, 6.07) is 8.88. The first-order chi connectivity index (χ1) is 24.1. The summed E-state index contributed by atoms with van der Waals surface area (Å²) in [7, 11) is 0. The Morgan fingerprint density at radius 3 is 2.16 bits per heavy atom.